The highest BCUT2D eigenvalue weighted by atomic mass is 79.9. The Morgan fingerprint density at radius 3 is 2.72 bits per heavy atom. The second-order valence-corrected chi connectivity index (χ2v) is 5.15. The molecule has 0 unspecified atom stereocenters. The Bertz CT molecular complexity index is 736. The predicted octanol–water partition coefficient (Wildman–Crippen LogP) is 4.02. The number of nitrogens with zero attached hydrogens (tertiary/aromatic N) is 2. The summed E-state index contributed by atoms with van der Waals surface area (Å²) in [7, 11) is 0. The summed E-state index contributed by atoms with van der Waals surface area (Å²) < 4.78 is 2.73. The highest BCUT2D eigenvalue weighted by molar-refractivity contribution is 9.10. The molecule has 0 spiro atoms. The van der Waals surface area contributed by atoms with Crippen LogP contribution in [0.15, 0.2) is 46.9 Å². The molecular formula is C13H9BrClN3. The second-order valence-electron chi connectivity index (χ2n) is 3.89. The van der Waals surface area contributed by atoms with E-state index in [4.69, 9.17) is 17.3 Å². The van der Waals surface area contributed by atoms with Gasteiger partial charge in [0.2, 0.25) is 5.95 Å². The molecule has 0 saturated carbocycles. The van der Waals surface area contributed by atoms with Gasteiger partial charge in [0.25, 0.3) is 0 Å². The van der Waals surface area contributed by atoms with Gasteiger partial charge in [-0.1, -0.05) is 23.7 Å². The number of nitrogen functional groups attached to an aromatic ring is 1. The number of nitrogens with two attached hydrogens (primary N) is 1. The van der Waals surface area contributed by atoms with E-state index in [-0.39, 0.29) is 0 Å². The normalized spacial score (nSPS) is 11.0. The number of hydrogen-bond donors (Lipinski definition) is 1. The maximum absolute atomic E-state index is 6.00. The molecular weight excluding hydrogens is 314 g/mol. The van der Waals surface area contributed by atoms with Gasteiger partial charge < -0.3 is 5.73 Å². The van der Waals surface area contributed by atoms with Crippen LogP contribution in [0.1, 0.15) is 0 Å². The fourth-order valence-corrected chi connectivity index (χ4v) is 2.42. The number of fused-ring (bicyclic) bond motifs is 1. The van der Waals surface area contributed by atoms with Crippen molar-refractivity contribution in [3.63, 3.8) is 0 Å². The molecule has 0 radical (unpaired) electrons. The number of halogens is 2. The molecule has 5 heteroatoms. The minimum Gasteiger partial charge on any atom is -0.369 e. The van der Waals surface area contributed by atoms with Crippen molar-refractivity contribution >= 4 is 44.5 Å². The van der Waals surface area contributed by atoms with E-state index in [1.165, 1.54) is 0 Å². The maximum atomic E-state index is 6.00. The summed E-state index contributed by atoms with van der Waals surface area (Å²) in [5, 5.41) is 0.668. The number of benzene rings is 2. The SMILES string of the molecule is Nc1nc2ccccc2n1-c1ccc(Cl)c(Br)c1. The molecule has 90 valence electrons. The summed E-state index contributed by atoms with van der Waals surface area (Å²) >= 11 is 9.41. The number of imidazole rings is 1. The third-order valence-electron chi connectivity index (χ3n) is 2.75. The second kappa shape index (κ2) is 4.30. The van der Waals surface area contributed by atoms with Gasteiger partial charge in [-0.2, -0.15) is 0 Å². The van der Waals surface area contributed by atoms with Crippen LogP contribution in [0.5, 0.6) is 0 Å². The molecule has 3 nitrogen and oxygen atoms in total. The Labute approximate surface area is 117 Å². The van der Waals surface area contributed by atoms with Crippen LogP contribution in [0.2, 0.25) is 5.02 Å². The molecule has 0 aliphatic carbocycles. The number of hydrogen-bond acceptors (Lipinski definition) is 2. The predicted molar refractivity (Wildman–Crippen MR) is 78.2 cm³/mol. The summed E-state index contributed by atoms with van der Waals surface area (Å²) in [5.41, 5.74) is 8.76. The molecule has 0 atom stereocenters. The first-order chi connectivity index (χ1) is 8.66. The van der Waals surface area contributed by atoms with E-state index in [1.807, 2.05) is 47.0 Å². The van der Waals surface area contributed by atoms with Crippen molar-refractivity contribution in [3.05, 3.63) is 52.0 Å². The number of rotatable bonds is 1. The van der Waals surface area contributed by atoms with E-state index in [2.05, 4.69) is 20.9 Å². The molecule has 0 fully saturated rings. The Morgan fingerprint density at radius 2 is 1.94 bits per heavy atom. The van der Waals surface area contributed by atoms with Gasteiger partial charge in [0.15, 0.2) is 0 Å². The van der Waals surface area contributed by atoms with Gasteiger partial charge >= 0.3 is 0 Å². The van der Waals surface area contributed by atoms with Gasteiger partial charge in [0, 0.05) is 4.47 Å². The average Bonchev–Trinajstić information content (AvgIpc) is 2.69. The molecule has 0 amide bonds. The van der Waals surface area contributed by atoms with Gasteiger partial charge in [-0.3, -0.25) is 4.57 Å². The van der Waals surface area contributed by atoms with E-state index in [1.54, 1.807) is 0 Å². The van der Waals surface area contributed by atoms with Crippen LogP contribution < -0.4 is 5.73 Å². The van der Waals surface area contributed by atoms with Gasteiger partial charge in [0.05, 0.1) is 21.7 Å². The van der Waals surface area contributed by atoms with Crippen molar-refractivity contribution in [1.29, 1.82) is 0 Å². The highest BCUT2D eigenvalue weighted by Crippen LogP contribution is 2.28. The first-order valence-corrected chi connectivity index (χ1v) is 6.52. The topological polar surface area (TPSA) is 43.8 Å². The average molecular weight is 323 g/mol. The van der Waals surface area contributed by atoms with Gasteiger partial charge in [-0.25, -0.2) is 4.98 Å². The lowest BCUT2D eigenvalue weighted by Gasteiger charge is -2.07. The Hall–Kier alpha value is -1.52. The van der Waals surface area contributed by atoms with E-state index in [9.17, 15) is 0 Å². The van der Waals surface area contributed by atoms with E-state index in [0.717, 1.165) is 21.2 Å². The molecule has 2 N–H and O–H groups in total. The zero-order valence-electron chi connectivity index (χ0n) is 9.27. The van der Waals surface area contributed by atoms with Crippen molar-refractivity contribution in [1.82, 2.24) is 9.55 Å². The molecule has 1 aromatic heterocycles. The summed E-state index contributed by atoms with van der Waals surface area (Å²) in [6, 6.07) is 13.5. The lowest BCUT2D eigenvalue weighted by molar-refractivity contribution is 1.11. The fourth-order valence-electron chi connectivity index (χ4n) is 1.94. The van der Waals surface area contributed by atoms with Crippen molar-refractivity contribution < 1.29 is 0 Å². The van der Waals surface area contributed by atoms with Crippen molar-refractivity contribution in [2.75, 3.05) is 5.73 Å². The molecule has 3 rings (SSSR count). The number of aromatic nitrogens is 2. The summed E-state index contributed by atoms with van der Waals surface area (Å²) in [5.74, 6) is 0.463. The monoisotopic (exact) mass is 321 g/mol. The van der Waals surface area contributed by atoms with Gasteiger partial charge in [-0.15, -0.1) is 0 Å². The van der Waals surface area contributed by atoms with Crippen LogP contribution in [0.4, 0.5) is 5.95 Å². The third-order valence-corrected chi connectivity index (χ3v) is 3.96. The molecule has 2 aromatic carbocycles. The lowest BCUT2D eigenvalue weighted by Crippen LogP contribution is -2.00. The minimum absolute atomic E-state index is 0.463. The van der Waals surface area contributed by atoms with Crippen LogP contribution >= 0.6 is 27.5 Å². The smallest absolute Gasteiger partial charge is 0.205 e. The quantitative estimate of drug-likeness (QED) is 0.735. The lowest BCUT2D eigenvalue weighted by atomic mass is 10.3. The first-order valence-electron chi connectivity index (χ1n) is 5.35. The Morgan fingerprint density at radius 1 is 1.17 bits per heavy atom. The van der Waals surface area contributed by atoms with Crippen molar-refractivity contribution in [2.45, 2.75) is 0 Å². The minimum atomic E-state index is 0.463. The standard InChI is InChI=1S/C13H9BrClN3/c14-9-7-8(5-6-10(9)15)18-12-4-2-1-3-11(12)17-13(18)16/h1-7H,(H2,16,17). The number of anilines is 1. The Balaban J connectivity index is 2.30. The summed E-state index contributed by atoms with van der Waals surface area (Å²) in [6.45, 7) is 0. The molecule has 0 aliphatic rings. The van der Waals surface area contributed by atoms with E-state index < -0.39 is 0 Å². The maximum Gasteiger partial charge on any atom is 0.205 e. The first kappa shape index (κ1) is 11.6. The number of para-hydroxylation sites is 2. The molecule has 3 aromatic rings. The molecule has 1 heterocycles. The van der Waals surface area contributed by atoms with Crippen molar-refractivity contribution in [3.8, 4) is 5.69 Å². The summed E-state index contributed by atoms with van der Waals surface area (Å²) in [6.07, 6.45) is 0. The Kier molecular flexibility index (Phi) is 2.76. The van der Waals surface area contributed by atoms with Crippen LogP contribution in [0, 0.1) is 0 Å². The summed E-state index contributed by atoms with van der Waals surface area (Å²) in [4.78, 5) is 4.33. The van der Waals surface area contributed by atoms with Crippen LogP contribution in [-0.2, 0) is 0 Å². The van der Waals surface area contributed by atoms with E-state index in [0.29, 0.717) is 11.0 Å². The highest BCUT2D eigenvalue weighted by Gasteiger charge is 2.10. The van der Waals surface area contributed by atoms with Gasteiger partial charge in [0.1, 0.15) is 0 Å². The third kappa shape index (κ3) is 1.78. The van der Waals surface area contributed by atoms with Crippen LogP contribution in [0.3, 0.4) is 0 Å². The zero-order chi connectivity index (χ0) is 12.7. The molecule has 0 saturated heterocycles. The molecule has 0 bridgehead atoms. The van der Waals surface area contributed by atoms with E-state index >= 15 is 0 Å². The van der Waals surface area contributed by atoms with Crippen LogP contribution in [0.25, 0.3) is 16.7 Å². The largest absolute Gasteiger partial charge is 0.369 e. The van der Waals surface area contributed by atoms with Gasteiger partial charge in [-0.05, 0) is 46.3 Å². The van der Waals surface area contributed by atoms with Crippen molar-refractivity contribution in [2.24, 2.45) is 0 Å². The molecule has 0 aliphatic heterocycles. The van der Waals surface area contributed by atoms with Crippen LogP contribution in [-0.4, -0.2) is 9.55 Å². The zero-order valence-corrected chi connectivity index (χ0v) is 11.6. The fraction of sp³-hybridized carbons (Fsp3) is 0. The molecule has 18 heavy (non-hydrogen) atoms.